The second kappa shape index (κ2) is 36.5. The Kier molecular flexibility index (Phi) is 27.3. The molecule has 0 amide bonds. The van der Waals surface area contributed by atoms with E-state index in [4.69, 9.17) is 63.4 Å². The van der Waals surface area contributed by atoms with Gasteiger partial charge in [-0.15, -0.1) is 0 Å². The molecule has 0 bridgehead atoms. The van der Waals surface area contributed by atoms with Gasteiger partial charge in [0.15, 0.2) is 17.5 Å². The van der Waals surface area contributed by atoms with Crippen LogP contribution in [0.1, 0.15) is 164 Å². The summed E-state index contributed by atoms with van der Waals surface area (Å²) in [5, 5.41) is 48.1. The fourth-order valence-electron chi connectivity index (χ4n) is 14.3. The topological polar surface area (TPSA) is 294 Å². The Bertz CT molecular complexity index is 3900. The average molecular weight is 1380 g/mol. The van der Waals surface area contributed by atoms with Gasteiger partial charge in [-0.05, 0) is 167 Å². The zero-order valence-electron chi connectivity index (χ0n) is 61.3. The Morgan fingerprint density at radius 3 is 0.960 bits per heavy atom. The van der Waals surface area contributed by atoms with Crippen molar-refractivity contribution in [2.75, 3.05) is 53.6 Å². The number of rotatable bonds is 26. The van der Waals surface area contributed by atoms with E-state index in [1.54, 1.807) is 14.1 Å². The van der Waals surface area contributed by atoms with Crippen molar-refractivity contribution in [3.63, 3.8) is 0 Å². The molecular formula is C80H106N12O9. The van der Waals surface area contributed by atoms with E-state index in [0.717, 1.165) is 138 Å². The summed E-state index contributed by atoms with van der Waals surface area (Å²) in [6.07, 6.45) is 20.4. The first-order valence-corrected chi connectivity index (χ1v) is 36.5. The van der Waals surface area contributed by atoms with Crippen molar-refractivity contribution in [2.24, 2.45) is 23.5 Å². The van der Waals surface area contributed by atoms with E-state index in [0.29, 0.717) is 65.6 Å². The van der Waals surface area contributed by atoms with Crippen LogP contribution in [0, 0.1) is 80.1 Å². The number of hydrogen-bond donors (Lipinski definition) is 6. The second-order valence-electron chi connectivity index (χ2n) is 28.0. The van der Waals surface area contributed by atoms with Crippen LogP contribution in [-0.4, -0.2) is 133 Å². The minimum Gasteiger partial charge on any atom is -0.491 e. The van der Waals surface area contributed by atoms with Gasteiger partial charge in [-0.1, -0.05) is 148 Å². The van der Waals surface area contributed by atoms with Gasteiger partial charge in [0.05, 0.1) is 50.9 Å². The predicted octanol–water partition coefficient (Wildman–Crippen LogP) is 14.2. The number of aromatic nitrogens is 9. The first-order valence-electron chi connectivity index (χ1n) is 36.5. The van der Waals surface area contributed by atoms with Crippen molar-refractivity contribution < 1.29 is 43.1 Å². The lowest BCUT2D eigenvalue weighted by Crippen LogP contribution is -2.29. The van der Waals surface area contributed by atoms with Gasteiger partial charge in [-0.25, -0.2) is 29.9 Å². The summed E-state index contributed by atoms with van der Waals surface area (Å²) in [4.78, 5) is 30.1. The summed E-state index contributed by atoms with van der Waals surface area (Å²) in [5.41, 5.74) is 22.7. The van der Waals surface area contributed by atoms with Crippen LogP contribution in [0.25, 0.3) is 67.9 Å². The van der Waals surface area contributed by atoms with Gasteiger partial charge in [0.25, 0.3) is 0 Å². The number of hydrogen-bond acceptors (Lipinski definition) is 21. The van der Waals surface area contributed by atoms with Crippen LogP contribution in [0.4, 0.5) is 0 Å². The number of aryl methyl sites for hydroxylation is 6. The Balaban J connectivity index is 0.000000163. The van der Waals surface area contributed by atoms with Gasteiger partial charge >= 0.3 is 0 Å². The minimum absolute atomic E-state index is 0.145. The zero-order valence-corrected chi connectivity index (χ0v) is 61.3. The fraction of sp³-hybridized carbons (Fsp3) is 0.512. The summed E-state index contributed by atoms with van der Waals surface area (Å²) < 4.78 is 33.8. The lowest BCUT2D eigenvalue weighted by atomic mass is 9.85. The Morgan fingerprint density at radius 2 is 0.703 bits per heavy atom. The van der Waals surface area contributed by atoms with Gasteiger partial charge < -0.3 is 59.5 Å². The van der Waals surface area contributed by atoms with E-state index in [2.05, 4.69) is 46.9 Å². The van der Waals surface area contributed by atoms with Crippen molar-refractivity contribution in [1.29, 1.82) is 0 Å². The number of nitrogens with two attached hydrogens (primary N) is 1. The molecule has 12 rings (SSSR count). The highest BCUT2D eigenvalue weighted by molar-refractivity contribution is 5.74. The molecule has 9 aromatic rings. The van der Waals surface area contributed by atoms with E-state index in [1.807, 2.05) is 114 Å². The maximum Gasteiger partial charge on any atom is 0.160 e. The van der Waals surface area contributed by atoms with Crippen LogP contribution in [0.3, 0.4) is 0 Å². The molecule has 1 unspecified atom stereocenters. The highest BCUT2D eigenvalue weighted by Gasteiger charge is 2.28. The van der Waals surface area contributed by atoms with Gasteiger partial charge in [0, 0.05) is 53.4 Å². The standard InChI is InChI=1S/2C27H36N4O3.C26H34N4O3/c2*1-17-24(13-20-9-6-5-7-10-20)29-27(30-26(17)25-18(2)31-34-19(25)3)21-11-8-12-23(14-21)33-16-22(32)15-28-4;1-16-23(12-19-8-5-4-6-9-19)28-26(29-25(16)24-17(2)30-33-18(24)3)20-10-7-11-22(13-20)32-15-21(31)14-27/h2*8,11-12,14,20,22,28,32H,5-7,9-10,13,15-16H2,1-4H3;7,10-11,13,19,21,31H,4-6,8-9,12,14-15,27H2,1-3H3/t2*22-;/m10./s1. The Labute approximate surface area is 595 Å². The molecule has 540 valence electrons. The van der Waals surface area contributed by atoms with Crippen molar-refractivity contribution in [3.8, 4) is 85.2 Å². The van der Waals surface area contributed by atoms with Gasteiger partial charge in [-0.2, -0.15) is 0 Å². The molecule has 0 radical (unpaired) electrons. The second-order valence-corrected chi connectivity index (χ2v) is 28.0. The van der Waals surface area contributed by atoms with Crippen LogP contribution in [0.5, 0.6) is 17.2 Å². The zero-order chi connectivity index (χ0) is 71.5. The molecule has 7 N–H and O–H groups in total. The normalized spacial score (nSPS) is 15.5. The molecule has 6 heterocycles. The Hall–Kier alpha value is -8.31. The van der Waals surface area contributed by atoms with Crippen LogP contribution in [-0.2, 0) is 19.3 Å². The molecule has 3 atom stereocenters. The van der Waals surface area contributed by atoms with Crippen molar-refractivity contribution in [2.45, 2.75) is 196 Å². The molecule has 6 aromatic heterocycles. The van der Waals surface area contributed by atoms with Gasteiger partial charge in [0.1, 0.15) is 72.7 Å². The lowest BCUT2D eigenvalue weighted by molar-refractivity contribution is 0.108. The van der Waals surface area contributed by atoms with Crippen LogP contribution in [0.2, 0.25) is 0 Å². The number of aliphatic hydroxyl groups is 3. The number of nitrogens with one attached hydrogen (secondary N) is 2. The third-order valence-electron chi connectivity index (χ3n) is 19.9. The maximum atomic E-state index is 9.99. The monoisotopic (exact) mass is 1380 g/mol. The van der Waals surface area contributed by atoms with E-state index in [-0.39, 0.29) is 26.4 Å². The fourth-order valence-corrected chi connectivity index (χ4v) is 14.3. The molecule has 0 spiro atoms. The number of aliphatic hydroxyl groups excluding tert-OH is 3. The van der Waals surface area contributed by atoms with E-state index in [9.17, 15) is 15.3 Å². The van der Waals surface area contributed by atoms with E-state index in [1.165, 1.54) is 96.3 Å². The molecule has 0 saturated heterocycles. The maximum absolute atomic E-state index is 9.99. The molecule has 3 aliphatic carbocycles. The first kappa shape index (κ1) is 75.4. The molecule has 101 heavy (non-hydrogen) atoms. The van der Waals surface area contributed by atoms with E-state index >= 15 is 0 Å². The van der Waals surface area contributed by atoms with Crippen molar-refractivity contribution in [3.05, 3.63) is 141 Å². The first-order chi connectivity index (χ1) is 48.9. The number of ether oxygens (including phenoxy) is 3. The van der Waals surface area contributed by atoms with Crippen LogP contribution >= 0.6 is 0 Å². The van der Waals surface area contributed by atoms with Crippen LogP contribution in [0.15, 0.2) is 86.4 Å². The van der Waals surface area contributed by atoms with Crippen molar-refractivity contribution in [1.82, 2.24) is 56.0 Å². The third kappa shape index (κ3) is 20.1. The van der Waals surface area contributed by atoms with E-state index < -0.39 is 18.3 Å². The lowest BCUT2D eigenvalue weighted by Gasteiger charge is -2.22. The number of nitrogens with zero attached hydrogens (tertiary/aromatic N) is 9. The third-order valence-corrected chi connectivity index (χ3v) is 19.9. The molecule has 21 heteroatoms. The molecule has 21 nitrogen and oxygen atoms in total. The van der Waals surface area contributed by atoms with Crippen molar-refractivity contribution >= 4 is 0 Å². The van der Waals surface area contributed by atoms with Crippen LogP contribution < -0.4 is 30.6 Å². The summed E-state index contributed by atoms with van der Waals surface area (Å²) in [6.45, 7) is 19.7. The summed E-state index contributed by atoms with van der Waals surface area (Å²) >= 11 is 0. The minimum atomic E-state index is -0.697. The predicted molar refractivity (Wildman–Crippen MR) is 394 cm³/mol. The molecule has 0 aliphatic heterocycles. The molecule has 3 aromatic carbocycles. The van der Waals surface area contributed by atoms with Gasteiger partial charge in [-0.3, -0.25) is 0 Å². The Morgan fingerprint density at radius 1 is 0.416 bits per heavy atom. The number of likely N-dealkylation sites (N-methyl/N-ethyl adjacent to an activating group) is 2. The van der Waals surface area contributed by atoms with Gasteiger partial charge in [0.2, 0.25) is 0 Å². The molecule has 3 aliphatic rings. The SMILES string of the molecule is CNC[C@@H](O)COc1cccc(-c2nc(CC3CCCCC3)c(C)c(-c3c(C)noc3C)n2)c1.CNC[C@H](O)COc1cccc(-c2nc(CC3CCCCC3)c(C)c(-c3c(C)noc3C)n2)c1.Cc1noc(C)c1-c1nc(-c2cccc(OCC(O)CN)c2)nc(CC2CCCCC2)c1C. The average Bonchev–Trinajstić information content (AvgIpc) is 1.78. The summed E-state index contributed by atoms with van der Waals surface area (Å²) in [7, 11) is 3.61. The molecule has 3 saturated carbocycles. The number of benzene rings is 3. The highest BCUT2D eigenvalue weighted by atomic mass is 16.5. The summed E-state index contributed by atoms with van der Waals surface area (Å²) in [5.74, 6) is 8.31. The highest BCUT2D eigenvalue weighted by Crippen LogP contribution is 2.39. The largest absolute Gasteiger partial charge is 0.491 e. The smallest absolute Gasteiger partial charge is 0.160 e. The quantitative estimate of drug-likeness (QED) is 0.0294. The molecule has 3 fully saturated rings. The summed E-state index contributed by atoms with van der Waals surface area (Å²) in [6, 6.07) is 23.2. The molecular weight excluding hydrogens is 1270 g/mol.